The van der Waals surface area contributed by atoms with Gasteiger partial charge >= 0.3 is 6.03 Å². The number of nitrogens with one attached hydrogen (secondary N) is 1. The van der Waals surface area contributed by atoms with Crippen LogP contribution in [0.15, 0.2) is 24.3 Å². The van der Waals surface area contributed by atoms with Crippen LogP contribution in [0.3, 0.4) is 0 Å². The maximum Gasteiger partial charge on any atom is 0.319 e. The minimum absolute atomic E-state index is 0.0311. The van der Waals surface area contributed by atoms with Gasteiger partial charge in [-0.2, -0.15) is 0 Å². The lowest BCUT2D eigenvalue weighted by Gasteiger charge is -2.41. The molecule has 32 heavy (non-hydrogen) atoms. The Kier molecular flexibility index (Phi) is 6.60. The van der Waals surface area contributed by atoms with Crippen LogP contribution in [-0.4, -0.2) is 92.1 Å². The van der Waals surface area contributed by atoms with E-state index < -0.39 is 0 Å². The van der Waals surface area contributed by atoms with Crippen LogP contribution in [0.4, 0.5) is 14.9 Å². The van der Waals surface area contributed by atoms with Gasteiger partial charge in [-0.3, -0.25) is 9.69 Å². The average Bonchev–Trinajstić information content (AvgIpc) is 3.08. The number of carbonyl (C=O) groups is 2. The third-order valence-electron chi connectivity index (χ3n) is 7.55. The molecule has 0 bridgehead atoms. The molecule has 4 rings (SSSR count). The van der Waals surface area contributed by atoms with Gasteiger partial charge in [-0.25, -0.2) is 9.18 Å². The van der Waals surface area contributed by atoms with Crippen molar-refractivity contribution >= 4 is 17.6 Å². The van der Waals surface area contributed by atoms with Crippen molar-refractivity contribution < 1.29 is 14.0 Å². The smallest absolute Gasteiger partial charge is 0.319 e. The zero-order valence-corrected chi connectivity index (χ0v) is 19.5. The summed E-state index contributed by atoms with van der Waals surface area (Å²) in [6, 6.07) is 7.38. The Labute approximate surface area is 190 Å². The number of nitrogens with zero attached hydrogens (tertiary/aromatic N) is 4. The zero-order chi connectivity index (χ0) is 22.9. The fraction of sp³-hybridized carbons (Fsp3) is 0.667. The van der Waals surface area contributed by atoms with Gasteiger partial charge < -0.3 is 20.0 Å². The maximum atomic E-state index is 13.2. The van der Waals surface area contributed by atoms with E-state index in [4.69, 9.17) is 0 Å². The second-order valence-corrected chi connectivity index (χ2v) is 9.91. The van der Waals surface area contributed by atoms with Gasteiger partial charge in [0.15, 0.2) is 0 Å². The highest BCUT2D eigenvalue weighted by Gasteiger charge is 2.48. The number of urea groups is 1. The van der Waals surface area contributed by atoms with Gasteiger partial charge in [0, 0.05) is 71.1 Å². The highest BCUT2D eigenvalue weighted by atomic mass is 19.1. The number of hydrogen-bond donors (Lipinski definition) is 1. The lowest BCUT2D eigenvalue weighted by Crippen LogP contribution is -2.52. The number of carbonyl (C=O) groups excluding carboxylic acids is 2. The number of likely N-dealkylation sites (tertiary alicyclic amines) is 1. The predicted octanol–water partition coefficient (Wildman–Crippen LogP) is 2.38. The summed E-state index contributed by atoms with van der Waals surface area (Å²) in [5.41, 5.74) is 0.766. The van der Waals surface area contributed by atoms with Crippen LogP contribution in [-0.2, 0) is 4.79 Å². The molecular weight excluding hydrogens is 409 g/mol. The van der Waals surface area contributed by atoms with Gasteiger partial charge in [0.25, 0.3) is 0 Å². The van der Waals surface area contributed by atoms with Crippen molar-refractivity contribution in [3.8, 4) is 0 Å². The quantitative estimate of drug-likeness (QED) is 0.773. The van der Waals surface area contributed by atoms with E-state index in [1.54, 1.807) is 19.0 Å². The third-order valence-corrected chi connectivity index (χ3v) is 7.55. The van der Waals surface area contributed by atoms with Gasteiger partial charge in [0.2, 0.25) is 5.91 Å². The Hall–Kier alpha value is -2.35. The molecule has 176 valence electrons. The molecule has 3 aliphatic heterocycles. The van der Waals surface area contributed by atoms with Crippen molar-refractivity contribution in [2.45, 2.75) is 44.7 Å². The number of halogens is 1. The van der Waals surface area contributed by atoms with Crippen molar-refractivity contribution in [3.05, 3.63) is 30.1 Å². The zero-order valence-electron chi connectivity index (χ0n) is 19.5. The first-order valence-electron chi connectivity index (χ1n) is 11.8. The van der Waals surface area contributed by atoms with Crippen molar-refractivity contribution in [1.82, 2.24) is 20.0 Å². The molecule has 0 saturated carbocycles. The second-order valence-electron chi connectivity index (χ2n) is 9.91. The summed E-state index contributed by atoms with van der Waals surface area (Å²) in [4.78, 5) is 33.3. The molecule has 7 nitrogen and oxygen atoms in total. The normalized spacial score (nSPS) is 25.8. The summed E-state index contributed by atoms with van der Waals surface area (Å²) >= 11 is 0. The van der Waals surface area contributed by atoms with Crippen LogP contribution in [0.25, 0.3) is 0 Å². The SMILES string of the molecule is C[C@H]1CN(c2ccc(F)cc2)CCN1CC[C@H]1CC2(CCN(C(=O)N(C)C)CC2)C(=O)N1. The van der Waals surface area contributed by atoms with Gasteiger partial charge in [-0.1, -0.05) is 0 Å². The Bertz CT molecular complexity index is 822. The highest BCUT2D eigenvalue weighted by molar-refractivity contribution is 5.85. The number of anilines is 1. The number of hydrogen-bond acceptors (Lipinski definition) is 4. The van der Waals surface area contributed by atoms with Crippen LogP contribution in [0.1, 0.15) is 32.6 Å². The highest BCUT2D eigenvalue weighted by Crippen LogP contribution is 2.41. The van der Waals surface area contributed by atoms with E-state index in [2.05, 4.69) is 22.0 Å². The molecular formula is C24H36FN5O2. The minimum atomic E-state index is -0.305. The van der Waals surface area contributed by atoms with E-state index in [9.17, 15) is 14.0 Å². The largest absolute Gasteiger partial charge is 0.369 e. The van der Waals surface area contributed by atoms with Crippen molar-refractivity contribution in [1.29, 1.82) is 0 Å². The average molecular weight is 446 g/mol. The van der Waals surface area contributed by atoms with E-state index >= 15 is 0 Å². The number of benzene rings is 1. The number of piperazine rings is 1. The number of rotatable bonds is 4. The summed E-state index contributed by atoms with van der Waals surface area (Å²) in [5, 5.41) is 3.25. The summed E-state index contributed by atoms with van der Waals surface area (Å²) in [6.45, 7) is 7.31. The predicted molar refractivity (Wildman–Crippen MR) is 123 cm³/mol. The van der Waals surface area contributed by atoms with Crippen LogP contribution < -0.4 is 10.2 Å². The first-order valence-corrected chi connectivity index (χ1v) is 11.8. The molecule has 3 heterocycles. The number of piperidine rings is 1. The lowest BCUT2D eigenvalue weighted by molar-refractivity contribution is -0.129. The summed E-state index contributed by atoms with van der Waals surface area (Å²) in [7, 11) is 3.54. The molecule has 0 unspecified atom stereocenters. The molecule has 3 saturated heterocycles. The van der Waals surface area contributed by atoms with E-state index in [-0.39, 0.29) is 29.2 Å². The topological polar surface area (TPSA) is 59.1 Å². The summed E-state index contributed by atoms with van der Waals surface area (Å²) in [5.74, 6) is -0.0274. The Balaban J connectivity index is 1.25. The van der Waals surface area contributed by atoms with Crippen LogP contribution in [0.2, 0.25) is 0 Å². The van der Waals surface area contributed by atoms with E-state index in [0.29, 0.717) is 19.1 Å². The molecule has 8 heteroatoms. The fourth-order valence-electron chi connectivity index (χ4n) is 5.50. The third kappa shape index (κ3) is 4.70. The maximum absolute atomic E-state index is 13.2. The lowest BCUT2D eigenvalue weighted by atomic mass is 9.75. The monoisotopic (exact) mass is 445 g/mol. The first-order chi connectivity index (χ1) is 15.3. The summed E-state index contributed by atoms with van der Waals surface area (Å²) < 4.78 is 13.2. The molecule has 0 radical (unpaired) electrons. The van der Waals surface area contributed by atoms with Crippen LogP contribution in [0.5, 0.6) is 0 Å². The van der Waals surface area contributed by atoms with Gasteiger partial charge in [0.05, 0.1) is 5.41 Å². The van der Waals surface area contributed by atoms with E-state index in [1.807, 2.05) is 17.0 Å². The molecule has 1 spiro atoms. The van der Waals surface area contributed by atoms with Gasteiger partial charge in [0.1, 0.15) is 5.82 Å². The van der Waals surface area contributed by atoms with Gasteiger partial charge in [-0.05, 0) is 56.9 Å². The minimum Gasteiger partial charge on any atom is -0.369 e. The molecule has 0 aliphatic carbocycles. The molecule has 0 aromatic heterocycles. The van der Waals surface area contributed by atoms with Crippen LogP contribution >= 0.6 is 0 Å². The molecule has 3 fully saturated rings. The number of amides is 3. The molecule has 3 amide bonds. The first kappa shape index (κ1) is 22.8. The summed E-state index contributed by atoms with van der Waals surface area (Å²) in [6.07, 6.45) is 3.33. The van der Waals surface area contributed by atoms with Gasteiger partial charge in [-0.15, -0.1) is 0 Å². The molecule has 3 aliphatic rings. The molecule has 1 aromatic carbocycles. The van der Waals surface area contributed by atoms with Crippen molar-refractivity contribution in [2.24, 2.45) is 5.41 Å². The van der Waals surface area contributed by atoms with Crippen LogP contribution in [0, 0.1) is 11.2 Å². The Morgan fingerprint density at radius 1 is 1.16 bits per heavy atom. The molecule has 1 aromatic rings. The Morgan fingerprint density at radius 3 is 2.47 bits per heavy atom. The standard InChI is InChI=1S/C24H36FN5O2/c1-18-17-30(21-6-4-19(25)5-7-21)15-14-28(18)11-8-20-16-24(22(31)26-20)9-12-29(13-10-24)23(32)27(2)3/h4-7,18,20H,8-17H2,1-3H3,(H,26,31)/t18-,20-/m0/s1. The Morgan fingerprint density at radius 2 is 1.84 bits per heavy atom. The second kappa shape index (κ2) is 9.25. The molecule has 1 N–H and O–H groups in total. The van der Waals surface area contributed by atoms with E-state index in [0.717, 1.165) is 57.5 Å². The van der Waals surface area contributed by atoms with E-state index in [1.165, 1.54) is 12.1 Å². The van der Waals surface area contributed by atoms with Crippen molar-refractivity contribution in [3.63, 3.8) is 0 Å². The van der Waals surface area contributed by atoms with Crippen molar-refractivity contribution in [2.75, 3.05) is 58.3 Å². The fourth-order valence-corrected chi connectivity index (χ4v) is 5.50. The molecule has 2 atom stereocenters.